The third kappa shape index (κ3) is 7.91. The number of piperazine rings is 1. The van der Waals surface area contributed by atoms with Crippen LogP contribution >= 0.6 is 24.0 Å². The molecule has 27 heavy (non-hydrogen) atoms. The number of hydrogen-bond acceptors (Lipinski definition) is 5. The van der Waals surface area contributed by atoms with Gasteiger partial charge >= 0.3 is 6.18 Å². The minimum Gasteiger partial charge on any atom is -0.364 e. The molecule has 0 atom stereocenters. The zero-order chi connectivity index (χ0) is 19.2. The number of rotatable bonds is 5. The van der Waals surface area contributed by atoms with Gasteiger partial charge in [0.25, 0.3) is 0 Å². The third-order valence-corrected chi connectivity index (χ3v) is 4.00. The van der Waals surface area contributed by atoms with Gasteiger partial charge in [-0.2, -0.15) is 13.2 Å². The van der Waals surface area contributed by atoms with Gasteiger partial charge < -0.3 is 19.6 Å². The zero-order valence-corrected chi connectivity index (χ0v) is 17.5. The maximum atomic E-state index is 12.3. The van der Waals surface area contributed by atoms with Crippen LogP contribution in [0.4, 0.5) is 13.2 Å². The number of amides is 1. The van der Waals surface area contributed by atoms with Gasteiger partial charge in [0.2, 0.25) is 5.91 Å². The largest absolute Gasteiger partial charge is 0.406 e. The standard InChI is InChI=1S/C15H23F3N6O2.HI/c1-19-14(20-9-13(25)22(2)11-15(16,17)18)24-6-4-23(5-7-24)10-12-3-8-26-21-12;/h3,8H,4-7,9-11H2,1-2H3,(H,19,20);1H. The second kappa shape index (κ2) is 10.7. The highest BCUT2D eigenvalue weighted by molar-refractivity contribution is 14.0. The number of nitrogens with zero attached hydrogens (tertiary/aromatic N) is 5. The number of hydrogen-bond donors (Lipinski definition) is 1. The van der Waals surface area contributed by atoms with Crippen molar-refractivity contribution in [1.82, 2.24) is 25.2 Å². The molecule has 1 aliphatic rings. The van der Waals surface area contributed by atoms with E-state index in [1.807, 2.05) is 11.0 Å². The Kier molecular flexibility index (Phi) is 9.29. The average Bonchev–Trinajstić information content (AvgIpc) is 3.08. The molecule has 1 saturated heterocycles. The molecule has 0 unspecified atom stereocenters. The summed E-state index contributed by atoms with van der Waals surface area (Å²) in [5.74, 6) is -0.145. The Morgan fingerprint density at radius 3 is 2.56 bits per heavy atom. The molecule has 8 nitrogen and oxygen atoms in total. The number of carbonyl (C=O) groups excluding carboxylic acids is 1. The second-order valence-corrected chi connectivity index (χ2v) is 6.02. The van der Waals surface area contributed by atoms with Gasteiger partial charge in [-0.25, -0.2) is 0 Å². The molecule has 1 fully saturated rings. The van der Waals surface area contributed by atoms with E-state index in [9.17, 15) is 18.0 Å². The highest BCUT2D eigenvalue weighted by Gasteiger charge is 2.31. The summed E-state index contributed by atoms with van der Waals surface area (Å²) >= 11 is 0. The molecule has 0 radical (unpaired) electrons. The van der Waals surface area contributed by atoms with Crippen molar-refractivity contribution in [2.45, 2.75) is 12.7 Å². The highest BCUT2D eigenvalue weighted by Crippen LogP contribution is 2.15. The Balaban J connectivity index is 0.00000364. The highest BCUT2D eigenvalue weighted by atomic mass is 127. The van der Waals surface area contributed by atoms with Crippen molar-refractivity contribution in [3.8, 4) is 0 Å². The molecule has 1 amide bonds. The van der Waals surface area contributed by atoms with E-state index in [4.69, 9.17) is 4.52 Å². The van der Waals surface area contributed by atoms with Crippen molar-refractivity contribution in [2.24, 2.45) is 4.99 Å². The van der Waals surface area contributed by atoms with E-state index >= 15 is 0 Å². The lowest BCUT2D eigenvalue weighted by Gasteiger charge is -2.36. The minimum absolute atomic E-state index is 0. The fraction of sp³-hybridized carbons (Fsp3) is 0.667. The van der Waals surface area contributed by atoms with Gasteiger partial charge in [-0.05, 0) is 0 Å². The Morgan fingerprint density at radius 2 is 2.04 bits per heavy atom. The van der Waals surface area contributed by atoms with Gasteiger partial charge in [0, 0.05) is 52.9 Å². The first-order valence-corrected chi connectivity index (χ1v) is 8.16. The molecule has 2 rings (SSSR count). The lowest BCUT2D eigenvalue weighted by molar-refractivity contribution is -0.157. The van der Waals surface area contributed by atoms with E-state index in [2.05, 4.69) is 20.4 Å². The second-order valence-electron chi connectivity index (χ2n) is 6.02. The first kappa shape index (κ1) is 23.5. The normalized spacial score (nSPS) is 16.0. The SMILES string of the molecule is CN=C(NCC(=O)N(C)CC(F)(F)F)N1CCN(Cc2ccon2)CC1.I. The van der Waals surface area contributed by atoms with Crippen molar-refractivity contribution < 1.29 is 22.5 Å². The first-order valence-electron chi connectivity index (χ1n) is 8.16. The molecule has 1 N–H and O–H groups in total. The quantitative estimate of drug-likeness (QED) is 0.367. The number of aromatic nitrogens is 1. The molecule has 0 aliphatic carbocycles. The fourth-order valence-electron chi connectivity index (χ4n) is 2.64. The van der Waals surface area contributed by atoms with Crippen LogP contribution in [0.5, 0.6) is 0 Å². The smallest absolute Gasteiger partial charge is 0.364 e. The number of carbonyl (C=O) groups is 1. The molecule has 1 aliphatic heterocycles. The van der Waals surface area contributed by atoms with E-state index in [1.165, 1.54) is 6.26 Å². The number of aliphatic imine (C=N–C) groups is 1. The summed E-state index contributed by atoms with van der Waals surface area (Å²) in [5.41, 5.74) is 0.860. The zero-order valence-electron chi connectivity index (χ0n) is 15.2. The van der Waals surface area contributed by atoms with Crippen LogP contribution < -0.4 is 5.32 Å². The molecule has 1 aromatic heterocycles. The Morgan fingerprint density at radius 1 is 1.37 bits per heavy atom. The molecular formula is C15H24F3IN6O2. The minimum atomic E-state index is -4.41. The van der Waals surface area contributed by atoms with Crippen LogP contribution in [0.3, 0.4) is 0 Å². The molecule has 0 saturated carbocycles. The van der Waals surface area contributed by atoms with Crippen LogP contribution in [0, 0.1) is 0 Å². The van der Waals surface area contributed by atoms with Crippen molar-refractivity contribution in [3.63, 3.8) is 0 Å². The predicted molar refractivity (Wildman–Crippen MR) is 104 cm³/mol. The molecular weight excluding hydrogens is 480 g/mol. The van der Waals surface area contributed by atoms with Crippen molar-refractivity contribution in [2.75, 3.05) is 53.4 Å². The van der Waals surface area contributed by atoms with E-state index in [0.717, 1.165) is 25.8 Å². The van der Waals surface area contributed by atoms with Gasteiger partial charge in [-0.1, -0.05) is 5.16 Å². The van der Waals surface area contributed by atoms with E-state index < -0.39 is 18.6 Å². The molecule has 0 bridgehead atoms. The number of halogens is 4. The summed E-state index contributed by atoms with van der Waals surface area (Å²) in [6, 6.07) is 1.82. The average molecular weight is 504 g/mol. The van der Waals surface area contributed by atoms with Crippen LogP contribution in [0.2, 0.25) is 0 Å². The summed E-state index contributed by atoms with van der Waals surface area (Å²) in [5, 5.41) is 6.72. The van der Waals surface area contributed by atoms with Crippen LogP contribution in [-0.4, -0.2) is 91.3 Å². The summed E-state index contributed by atoms with van der Waals surface area (Å²) in [6.07, 6.45) is -2.88. The van der Waals surface area contributed by atoms with Crippen LogP contribution in [0.15, 0.2) is 21.8 Å². The number of guanidine groups is 1. The van der Waals surface area contributed by atoms with Gasteiger partial charge in [-0.3, -0.25) is 14.7 Å². The van der Waals surface area contributed by atoms with Crippen LogP contribution in [-0.2, 0) is 11.3 Å². The molecule has 154 valence electrons. The summed E-state index contributed by atoms with van der Waals surface area (Å²) in [6.45, 7) is 2.10. The number of alkyl halides is 3. The fourth-order valence-corrected chi connectivity index (χ4v) is 2.64. The van der Waals surface area contributed by atoms with E-state index in [-0.39, 0.29) is 30.5 Å². The molecule has 0 spiro atoms. The van der Waals surface area contributed by atoms with Gasteiger partial charge in [-0.15, -0.1) is 24.0 Å². The maximum Gasteiger partial charge on any atom is 0.406 e. The van der Waals surface area contributed by atoms with Crippen molar-refractivity contribution in [3.05, 3.63) is 18.0 Å². The topological polar surface area (TPSA) is 77.2 Å². The Labute approximate surface area is 172 Å². The monoisotopic (exact) mass is 504 g/mol. The Hall–Kier alpha value is -1.57. The van der Waals surface area contributed by atoms with E-state index in [1.54, 1.807) is 7.05 Å². The maximum absolute atomic E-state index is 12.3. The summed E-state index contributed by atoms with van der Waals surface area (Å²) in [4.78, 5) is 20.8. The van der Waals surface area contributed by atoms with Gasteiger partial charge in [0.15, 0.2) is 5.96 Å². The van der Waals surface area contributed by atoms with Crippen molar-refractivity contribution in [1.29, 1.82) is 0 Å². The lowest BCUT2D eigenvalue weighted by atomic mass is 10.3. The van der Waals surface area contributed by atoms with Crippen LogP contribution in [0.25, 0.3) is 0 Å². The number of likely N-dealkylation sites (N-methyl/N-ethyl adjacent to an activating group) is 1. The third-order valence-electron chi connectivity index (χ3n) is 4.00. The molecule has 12 heteroatoms. The first-order chi connectivity index (χ1) is 12.3. The lowest BCUT2D eigenvalue weighted by Crippen LogP contribution is -2.53. The Bertz CT molecular complexity index is 603. The summed E-state index contributed by atoms with van der Waals surface area (Å²) in [7, 11) is 2.71. The summed E-state index contributed by atoms with van der Waals surface area (Å²) < 4.78 is 41.8. The molecule has 1 aromatic rings. The van der Waals surface area contributed by atoms with Crippen molar-refractivity contribution >= 4 is 35.8 Å². The molecule has 0 aromatic carbocycles. The van der Waals surface area contributed by atoms with Crippen LogP contribution in [0.1, 0.15) is 5.69 Å². The van der Waals surface area contributed by atoms with Gasteiger partial charge in [0.05, 0.1) is 12.2 Å². The molecule has 2 heterocycles. The van der Waals surface area contributed by atoms with E-state index in [0.29, 0.717) is 30.5 Å². The number of nitrogens with one attached hydrogen (secondary N) is 1. The van der Waals surface area contributed by atoms with Gasteiger partial charge in [0.1, 0.15) is 12.8 Å². The predicted octanol–water partition coefficient (Wildman–Crippen LogP) is 1.01.